The van der Waals surface area contributed by atoms with E-state index >= 15 is 0 Å². The second kappa shape index (κ2) is 10.1. The Bertz CT molecular complexity index is 682. The molecule has 2 N–H and O–H groups in total. The third kappa shape index (κ3) is 5.70. The van der Waals surface area contributed by atoms with E-state index in [-0.39, 0.29) is 25.1 Å². The Kier molecular flexibility index (Phi) is 7.50. The van der Waals surface area contributed by atoms with Gasteiger partial charge in [0.2, 0.25) is 5.91 Å². The molecule has 2 aliphatic rings. The Morgan fingerprint density at radius 3 is 2.66 bits per heavy atom. The molecule has 1 heterocycles. The highest BCUT2D eigenvalue weighted by Crippen LogP contribution is 2.43. The van der Waals surface area contributed by atoms with Crippen LogP contribution in [-0.2, 0) is 20.9 Å². The van der Waals surface area contributed by atoms with Crippen molar-refractivity contribution in [1.82, 2.24) is 15.5 Å². The van der Waals surface area contributed by atoms with E-state index in [0.29, 0.717) is 30.4 Å². The number of nitrogens with one attached hydrogen (secondary N) is 2. The molecule has 7 heteroatoms. The molecule has 1 saturated carbocycles. The van der Waals surface area contributed by atoms with Crippen LogP contribution in [0.5, 0.6) is 0 Å². The van der Waals surface area contributed by atoms with E-state index in [0.717, 1.165) is 25.1 Å². The Morgan fingerprint density at radius 2 is 1.97 bits per heavy atom. The van der Waals surface area contributed by atoms with E-state index in [1.165, 1.54) is 0 Å². The number of nitrogens with zero attached hydrogens (tertiary/aromatic N) is 1. The minimum Gasteiger partial charge on any atom is -0.445 e. The van der Waals surface area contributed by atoms with Crippen LogP contribution in [0.4, 0.5) is 4.79 Å². The van der Waals surface area contributed by atoms with Crippen molar-refractivity contribution in [3.05, 3.63) is 35.9 Å². The van der Waals surface area contributed by atoms with Gasteiger partial charge in [0, 0.05) is 38.2 Å². The number of amides is 2. The fourth-order valence-corrected chi connectivity index (χ4v) is 4.67. The zero-order valence-corrected chi connectivity index (χ0v) is 17.6. The van der Waals surface area contributed by atoms with Gasteiger partial charge in [-0.05, 0) is 37.7 Å². The number of fused-ring (bicyclic) bond motifs is 1. The predicted molar refractivity (Wildman–Crippen MR) is 110 cm³/mol. The summed E-state index contributed by atoms with van der Waals surface area (Å²) in [5.41, 5.74) is 0.905. The van der Waals surface area contributed by atoms with E-state index in [1.54, 1.807) is 7.11 Å². The largest absolute Gasteiger partial charge is 0.445 e. The van der Waals surface area contributed by atoms with E-state index in [4.69, 9.17) is 9.47 Å². The first-order valence-corrected chi connectivity index (χ1v) is 10.4. The van der Waals surface area contributed by atoms with Crippen molar-refractivity contribution in [1.29, 1.82) is 0 Å². The number of carbonyl (C=O) groups excluding carboxylic acids is 2. The number of carbonyl (C=O) groups is 2. The maximum absolute atomic E-state index is 12.4. The molecule has 1 aromatic carbocycles. The van der Waals surface area contributed by atoms with Crippen molar-refractivity contribution in [2.45, 2.75) is 39.0 Å². The zero-order valence-electron chi connectivity index (χ0n) is 17.6. The van der Waals surface area contributed by atoms with Gasteiger partial charge in [-0.2, -0.15) is 0 Å². The van der Waals surface area contributed by atoms with Crippen molar-refractivity contribution in [3.63, 3.8) is 0 Å². The van der Waals surface area contributed by atoms with Gasteiger partial charge in [-0.3, -0.25) is 4.79 Å². The summed E-state index contributed by atoms with van der Waals surface area (Å²) >= 11 is 0. The molecule has 0 spiro atoms. The zero-order chi connectivity index (χ0) is 20.8. The number of methoxy groups -OCH3 is 1. The summed E-state index contributed by atoms with van der Waals surface area (Å²) in [6.45, 7) is 7.35. The van der Waals surface area contributed by atoms with Gasteiger partial charge in [-0.1, -0.05) is 30.3 Å². The summed E-state index contributed by atoms with van der Waals surface area (Å²) in [6.07, 6.45) is 0.375. The highest BCUT2D eigenvalue weighted by molar-refractivity contribution is 5.82. The molecular weight excluding hydrogens is 370 g/mol. The van der Waals surface area contributed by atoms with Crippen LogP contribution in [-0.4, -0.2) is 62.3 Å². The van der Waals surface area contributed by atoms with Crippen LogP contribution < -0.4 is 10.6 Å². The van der Waals surface area contributed by atoms with Gasteiger partial charge in [-0.25, -0.2) is 4.79 Å². The molecule has 0 bridgehead atoms. The SMILES string of the molecule is COCC1C(NC(=O)CNC(=O)OCc2ccccc2)CC2CN(C(C)C)CC21. The van der Waals surface area contributed by atoms with Crippen LogP contribution in [0.1, 0.15) is 25.8 Å². The van der Waals surface area contributed by atoms with Gasteiger partial charge in [0.1, 0.15) is 13.2 Å². The molecular formula is C22H33N3O4. The Morgan fingerprint density at radius 1 is 1.21 bits per heavy atom. The van der Waals surface area contributed by atoms with Crippen LogP contribution in [0.15, 0.2) is 30.3 Å². The van der Waals surface area contributed by atoms with E-state index in [1.807, 2.05) is 30.3 Å². The highest BCUT2D eigenvalue weighted by atomic mass is 16.5. The fourth-order valence-electron chi connectivity index (χ4n) is 4.67. The molecule has 1 saturated heterocycles. The molecule has 1 aliphatic heterocycles. The summed E-state index contributed by atoms with van der Waals surface area (Å²) < 4.78 is 10.6. The molecule has 4 unspecified atom stereocenters. The van der Waals surface area contributed by atoms with Crippen LogP contribution in [0.3, 0.4) is 0 Å². The Labute approximate surface area is 173 Å². The first-order valence-electron chi connectivity index (χ1n) is 10.4. The lowest BCUT2D eigenvalue weighted by Crippen LogP contribution is -2.46. The summed E-state index contributed by atoms with van der Waals surface area (Å²) in [4.78, 5) is 26.7. The Hall–Kier alpha value is -2.12. The van der Waals surface area contributed by atoms with Gasteiger partial charge >= 0.3 is 6.09 Å². The molecule has 2 fully saturated rings. The third-order valence-electron chi connectivity index (χ3n) is 6.19. The van der Waals surface area contributed by atoms with Crippen molar-refractivity contribution in [2.75, 3.05) is 33.4 Å². The maximum atomic E-state index is 12.4. The Balaban J connectivity index is 1.43. The van der Waals surface area contributed by atoms with E-state index in [9.17, 15) is 9.59 Å². The molecule has 2 amide bonds. The molecule has 0 radical (unpaired) electrons. The minimum atomic E-state index is -0.590. The lowest BCUT2D eigenvalue weighted by molar-refractivity contribution is -0.121. The maximum Gasteiger partial charge on any atom is 0.407 e. The molecule has 3 rings (SSSR count). The van der Waals surface area contributed by atoms with Gasteiger partial charge in [-0.15, -0.1) is 0 Å². The molecule has 4 atom stereocenters. The second-order valence-electron chi connectivity index (χ2n) is 8.42. The van der Waals surface area contributed by atoms with E-state index in [2.05, 4.69) is 29.4 Å². The van der Waals surface area contributed by atoms with Crippen LogP contribution in [0.25, 0.3) is 0 Å². The van der Waals surface area contributed by atoms with Gasteiger partial charge in [0.25, 0.3) is 0 Å². The molecule has 29 heavy (non-hydrogen) atoms. The first-order chi connectivity index (χ1) is 14.0. The molecule has 1 aromatic rings. The number of likely N-dealkylation sites (tertiary alicyclic amines) is 1. The number of hydrogen-bond acceptors (Lipinski definition) is 5. The minimum absolute atomic E-state index is 0.0860. The second-order valence-corrected chi connectivity index (χ2v) is 8.42. The number of rotatable bonds is 8. The molecule has 160 valence electrons. The van der Waals surface area contributed by atoms with Crippen LogP contribution in [0.2, 0.25) is 0 Å². The summed E-state index contributed by atoms with van der Waals surface area (Å²) in [6, 6.07) is 10.1. The number of benzene rings is 1. The number of alkyl carbamates (subject to hydrolysis) is 1. The lowest BCUT2D eigenvalue weighted by atomic mass is 9.92. The molecule has 7 nitrogen and oxygen atoms in total. The van der Waals surface area contributed by atoms with Crippen molar-refractivity contribution < 1.29 is 19.1 Å². The highest BCUT2D eigenvalue weighted by Gasteiger charge is 2.48. The van der Waals surface area contributed by atoms with Gasteiger partial charge in [0.15, 0.2) is 0 Å². The number of ether oxygens (including phenoxy) is 2. The summed E-state index contributed by atoms with van der Waals surface area (Å²) in [5, 5.41) is 5.64. The van der Waals surface area contributed by atoms with Gasteiger partial charge < -0.3 is 25.0 Å². The number of hydrogen-bond donors (Lipinski definition) is 2. The summed E-state index contributed by atoms with van der Waals surface area (Å²) in [5.74, 6) is 1.26. The smallest absolute Gasteiger partial charge is 0.407 e. The lowest BCUT2D eigenvalue weighted by Gasteiger charge is -2.27. The standard InChI is InChI=1S/C22H33N3O4/c1-15(2)25-11-17-9-20(19(14-28-3)18(17)12-25)24-21(26)10-23-22(27)29-13-16-7-5-4-6-8-16/h4-8,15,17-20H,9-14H2,1-3H3,(H,23,27)(H,24,26). The predicted octanol–water partition coefficient (Wildman–Crippen LogP) is 2.02. The molecule has 0 aromatic heterocycles. The fraction of sp³-hybridized carbons (Fsp3) is 0.636. The average Bonchev–Trinajstić information content (AvgIpc) is 3.25. The van der Waals surface area contributed by atoms with Gasteiger partial charge in [0.05, 0.1) is 6.61 Å². The van der Waals surface area contributed by atoms with Crippen molar-refractivity contribution >= 4 is 12.0 Å². The topological polar surface area (TPSA) is 79.9 Å². The van der Waals surface area contributed by atoms with Crippen molar-refractivity contribution in [3.8, 4) is 0 Å². The average molecular weight is 404 g/mol. The van der Waals surface area contributed by atoms with Crippen molar-refractivity contribution in [2.24, 2.45) is 17.8 Å². The third-order valence-corrected chi connectivity index (χ3v) is 6.19. The van der Waals surface area contributed by atoms with Crippen LogP contribution >= 0.6 is 0 Å². The first kappa shape index (κ1) is 21.6. The quantitative estimate of drug-likeness (QED) is 0.694. The van der Waals surface area contributed by atoms with E-state index < -0.39 is 6.09 Å². The normalized spacial score (nSPS) is 26.3. The summed E-state index contributed by atoms with van der Waals surface area (Å²) in [7, 11) is 1.71. The molecule has 1 aliphatic carbocycles. The van der Waals surface area contributed by atoms with Crippen LogP contribution in [0, 0.1) is 17.8 Å². The monoisotopic (exact) mass is 403 g/mol.